The molecular formula is C23H10Br2ClF3N2O4S2. The summed E-state index contributed by atoms with van der Waals surface area (Å²) in [6, 6.07) is 11.9. The van der Waals surface area contributed by atoms with Crippen LogP contribution in [0.4, 0.5) is 24.5 Å². The number of carbonyl (C=O) groups excluding carboxylic acids is 1. The van der Waals surface area contributed by atoms with Crippen LogP contribution in [-0.4, -0.2) is 15.2 Å². The van der Waals surface area contributed by atoms with Crippen LogP contribution in [0.3, 0.4) is 0 Å². The van der Waals surface area contributed by atoms with Crippen LogP contribution in [0.5, 0.6) is 11.5 Å². The summed E-state index contributed by atoms with van der Waals surface area (Å²) in [5, 5.41) is 11.8. The van der Waals surface area contributed by atoms with Crippen molar-refractivity contribution in [1.29, 1.82) is 0 Å². The first kappa shape index (κ1) is 27.6. The number of alkyl halides is 3. The third kappa shape index (κ3) is 6.01. The minimum Gasteiger partial charge on any atom is -0.448 e. The third-order valence-electron chi connectivity index (χ3n) is 4.87. The number of thiocarbonyl (C=S) groups is 1. The van der Waals surface area contributed by atoms with Crippen LogP contribution in [0, 0.1) is 10.1 Å². The van der Waals surface area contributed by atoms with Crippen molar-refractivity contribution >= 4 is 95.1 Å². The lowest BCUT2D eigenvalue weighted by atomic mass is 10.1. The number of halogens is 6. The van der Waals surface area contributed by atoms with E-state index in [-0.39, 0.29) is 17.4 Å². The smallest absolute Gasteiger partial charge is 0.416 e. The first-order valence-corrected chi connectivity index (χ1v) is 13.1. The minimum atomic E-state index is -4.75. The van der Waals surface area contributed by atoms with Gasteiger partial charge in [-0.3, -0.25) is 19.8 Å². The maximum atomic E-state index is 13.0. The fraction of sp³-hybridized carbons (Fsp3) is 0.0435. The molecule has 0 N–H and O–H groups in total. The molecule has 0 bridgehead atoms. The first-order chi connectivity index (χ1) is 17.3. The molecule has 0 aromatic heterocycles. The van der Waals surface area contributed by atoms with Crippen molar-refractivity contribution in [2.75, 3.05) is 4.90 Å². The van der Waals surface area contributed by atoms with Crippen LogP contribution in [0.25, 0.3) is 6.08 Å². The Labute approximate surface area is 238 Å². The molecule has 190 valence electrons. The number of thioether (sulfide) groups is 1. The molecule has 1 amide bonds. The minimum absolute atomic E-state index is 0.0893. The SMILES string of the molecule is O=C1/C(=C\c2cc(Br)c(Oc3ccc(C(F)(F)F)cc3[N+](=O)[O-])c(Br)c2)SC(=S)N1c1cccc(Cl)c1. The van der Waals surface area contributed by atoms with Gasteiger partial charge in [-0.05, 0) is 86.0 Å². The molecule has 0 saturated carbocycles. The second-order valence-corrected chi connectivity index (χ2v) is 11.2. The highest BCUT2D eigenvalue weighted by atomic mass is 79.9. The van der Waals surface area contributed by atoms with Crippen LogP contribution < -0.4 is 9.64 Å². The Hall–Kier alpha value is -2.45. The van der Waals surface area contributed by atoms with E-state index in [1.54, 1.807) is 42.5 Å². The van der Waals surface area contributed by atoms with E-state index in [0.717, 1.165) is 17.8 Å². The number of nitro benzene ring substituents is 1. The number of anilines is 1. The molecule has 37 heavy (non-hydrogen) atoms. The maximum Gasteiger partial charge on any atom is 0.416 e. The second kappa shape index (κ2) is 10.7. The molecule has 4 rings (SSSR count). The van der Waals surface area contributed by atoms with Gasteiger partial charge < -0.3 is 4.74 Å². The van der Waals surface area contributed by atoms with Crippen LogP contribution in [0.1, 0.15) is 11.1 Å². The predicted molar refractivity (Wildman–Crippen MR) is 147 cm³/mol. The standard InChI is InChI=1S/C23H10Br2ClF3N2O4S2/c24-15-6-11(8-19-21(32)30(22(36)37-19)14-3-1-2-13(26)10-14)7-16(25)20(15)35-18-5-4-12(23(27,28)29)9-17(18)31(33)34/h1-10H/b19-8+. The van der Waals surface area contributed by atoms with Gasteiger partial charge in [-0.25, -0.2) is 0 Å². The Morgan fingerprint density at radius 3 is 2.38 bits per heavy atom. The number of nitro groups is 1. The van der Waals surface area contributed by atoms with Gasteiger partial charge in [-0.2, -0.15) is 13.2 Å². The van der Waals surface area contributed by atoms with Gasteiger partial charge in [0, 0.05) is 11.1 Å². The van der Waals surface area contributed by atoms with E-state index >= 15 is 0 Å². The summed E-state index contributed by atoms with van der Waals surface area (Å²) >= 11 is 19.1. The number of nitrogens with zero attached hydrogens (tertiary/aromatic N) is 2. The van der Waals surface area contributed by atoms with E-state index in [9.17, 15) is 28.1 Å². The van der Waals surface area contributed by atoms with E-state index in [1.165, 1.54) is 4.90 Å². The molecule has 0 atom stereocenters. The summed E-state index contributed by atoms with van der Waals surface area (Å²) < 4.78 is 45.6. The molecule has 3 aromatic carbocycles. The number of benzene rings is 3. The highest BCUT2D eigenvalue weighted by molar-refractivity contribution is 9.11. The van der Waals surface area contributed by atoms with Crippen molar-refractivity contribution < 1.29 is 27.6 Å². The molecule has 1 aliphatic heterocycles. The van der Waals surface area contributed by atoms with Crippen LogP contribution in [0.15, 0.2) is 68.4 Å². The lowest BCUT2D eigenvalue weighted by Gasteiger charge is -2.14. The zero-order valence-corrected chi connectivity index (χ0v) is 23.4. The molecule has 3 aromatic rings. The fourth-order valence-electron chi connectivity index (χ4n) is 3.25. The fourth-order valence-corrected chi connectivity index (χ4v) is 6.12. The van der Waals surface area contributed by atoms with Crippen molar-refractivity contribution in [3.8, 4) is 11.5 Å². The quantitative estimate of drug-likeness (QED) is 0.115. The summed E-state index contributed by atoms with van der Waals surface area (Å²) in [7, 11) is 0. The van der Waals surface area contributed by atoms with Gasteiger partial charge in [-0.1, -0.05) is 41.6 Å². The molecule has 0 unspecified atom stereocenters. The second-order valence-electron chi connectivity index (χ2n) is 7.35. The molecule has 14 heteroatoms. The highest BCUT2D eigenvalue weighted by Crippen LogP contribution is 2.43. The van der Waals surface area contributed by atoms with E-state index in [4.69, 9.17) is 28.6 Å². The van der Waals surface area contributed by atoms with Crippen molar-refractivity contribution in [3.05, 3.63) is 94.7 Å². The summed E-state index contributed by atoms with van der Waals surface area (Å²) in [6.45, 7) is 0. The van der Waals surface area contributed by atoms with Gasteiger partial charge >= 0.3 is 11.9 Å². The average molecular weight is 695 g/mol. The predicted octanol–water partition coefficient (Wildman–Crippen LogP) is 8.99. The van der Waals surface area contributed by atoms with Gasteiger partial charge in [0.2, 0.25) is 5.75 Å². The van der Waals surface area contributed by atoms with Gasteiger partial charge in [0.1, 0.15) is 0 Å². The summed E-state index contributed by atoms with van der Waals surface area (Å²) in [5.74, 6) is -0.633. The summed E-state index contributed by atoms with van der Waals surface area (Å²) in [6.07, 6.45) is -3.15. The Morgan fingerprint density at radius 2 is 1.78 bits per heavy atom. The molecule has 1 fully saturated rings. The molecule has 0 radical (unpaired) electrons. The molecule has 1 aliphatic rings. The van der Waals surface area contributed by atoms with Crippen molar-refractivity contribution in [2.45, 2.75) is 6.18 Å². The Balaban J connectivity index is 1.64. The average Bonchev–Trinajstić information content (AvgIpc) is 3.08. The lowest BCUT2D eigenvalue weighted by molar-refractivity contribution is -0.385. The maximum absolute atomic E-state index is 13.0. The largest absolute Gasteiger partial charge is 0.448 e. The highest BCUT2D eigenvalue weighted by Gasteiger charge is 2.35. The van der Waals surface area contributed by atoms with E-state index in [2.05, 4.69) is 31.9 Å². The van der Waals surface area contributed by atoms with E-state index in [0.29, 0.717) is 46.6 Å². The van der Waals surface area contributed by atoms with Crippen molar-refractivity contribution in [1.82, 2.24) is 0 Å². The Morgan fingerprint density at radius 1 is 1.11 bits per heavy atom. The van der Waals surface area contributed by atoms with Gasteiger partial charge in [0.25, 0.3) is 5.91 Å². The van der Waals surface area contributed by atoms with Gasteiger partial charge in [-0.15, -0.1) is 0 Å². The van der Waals surface area contributed by atoms with E-state index in [1.807, 2.05) is 0 Å². The zero-order valence-electron chi connectivity index (χ0n) is 17.9. The van der Waals surface area contributed by atoms with Gasteiger partial charge in [0.15, 0.2) is 10.1 Å². The summed E-state index contributed by atoms with van der Waals surface area (Å²) in [4.78, 5) is 25.2. The molecule has 0 spiro atoms. The normalized spacial score (nSPS) is 15.0. The lowest BCUT2D eigenvalue weighted by Crippen LogP contribution is -2.27. The molecular weight excluding hydrogens is 685 g/mol. The molecule has 1 heterocycles. The number of hydrogen-bond acceptors (Lipinski definition) is 6. The van der Waals surface area contributed by atoms with Crippen LogP contribution in [0.2, 0.25) is 5.02 Å². The van der Waals surface area contributed by atoms with Crippen molar-refractivity contribution in [2.24, 2.45) is 0 Å². The number of rotatable bonds is 5. The topological polar surface area (TPSA) is 72.7 Å². The Kier molecular flexibility index (Phi) is 8.00. The Bertz CT molecular complexity index is 1480. The van der Waals surface area contributed by atoms with Crippen LogP contribution >= 0.6 is 67.4 Å². The number of ether oxygens (including phenoxy) is 1. The van der Waals surface area contributed by atoms with Gasteiger partial charge in [0.05, 0.1) is 30.0 Å². The summed E-state index contributed by atoms with van der Waals surface area (Å²) in [5.41, 5.74) is -0.931. The monoisotopic (exact) mass is 692 g/mol. The molecule has 0 aliphatic carbocycles. The number of hydrogen-bond donors (Lipinski definition) is 0. The van der Waals surface area contributed by atoms with E-state index < -0.39 is 22.4 Å². The third-order valence-corrected chi connectivity index (χ3v) is 7.59. The van der Waals surface area contributed by atoms with Crippen molar-refractivity contribution in [3.63, 3.8) is 0 Å². The molecule has 1 saturated heterocycles. The number of carbonyl (C=O) groups is 1. The first-order valence-electron chi connectivity index (χ1n) is 9.91. The number of amides is 1. The zero-order chi connectivity index (χ0) is 27.1. The molecule has 6 nitrogen and oxygen atoms in total. The van der Waals surface area contributed by atoms with Crippen LogP contribution in [-0.2, 0) is 11.0 Å².